The van der Waals surface area contributed by atoms with Gasteiger partial charge in [-0.25, -0.2) is 19.3 Å². The number of hydrogen-bond acceptors (Lipinski definition) is 8. The number of nitrogens with zero attached hydrogens (tertiary/aromatic N) is 4. The summed E-state index contributed by atoms with van der Waals surface area (Å²) in [5.41, 5.74) is 9.92. The standard InChI is InChI=1S/C29H29FN6O2.ClH/c1-18(37)19-6-3-7-20(14-19)22-16-33-27(15-24(22)36-13-5-8-21(31)17-36)34-26-11-12-32-29(35-26)28-23(30)9-4-10-25(28)38-2;/h3-4,6-7,9-12,14-16,21H,5,8,13,17,31H2,1-2H3,(H,32,33,34,35);1H/t21-;/m0./s1. The molecule has 0 saturated carbocycles. The number of piperidine rings is 1. The van der Waals surface area contributed by atoms with Gasteiger partial charge in [0, 0.05) is 54.4 Å². The fourth-order valence-corrected chi connectivity index (χ4v) is 4.70. The summed E-state index contributed by atoms with van der Waals surface area (Å²) in [6.45, 7) is 3.14. The minimum Gasteiger partial charge on any atom is -0.496 e. The molecule has 1 aliphatic heterocycles. The smallest absolute Gasteiger partial charge is 0.168 e. The summed E-state index contributed by atoms with van der Waals surface area (Å²) in [4.78, 5) is 27.7. The van der Waals surface area contributed by atoms with E-state index in [0.29, 0.717) is 29.5 Å². The van der Waals surface area contributed by atoms with Crippen LogP contribution in [0.5, 0.6) is 5.75 Å². The van der Waals surface area contributed by atoms with Crippen molar-refractivity contribution in [2.24, 2.45) is 5.73 Å². The molecule has 5 rings (SSSR count). The SMILES string of the molecule is COc1cccc(F)c1-c1nccc(Nc2cc(N3CCC[C@H](N)C3)c(-c3cccc(C(C)=O)c3)cn2)n1.Cl. The second-order valence-corrected chi connectivity index (χ2v) is 9.28. The number of carbonyl (C=O) groups is 1. The molecule has 1 aliphatic rings. The van der Waals surface area contributed by atoms with Crippen LogP contribution in [0.2, 0.25) is 0 Å². The molecule has 2 aromatic heterocycles. The molecule has 0 unspecified atom stereocenters. The lowest BCUT2D eigenvalue weighted by Crippen LogP contribution is -2.43. The number of pyridine rings is 1. The van der Waals surface area contributed by atoms with E-state index in [4.69, 9.17) is 10.5 Å². The van der Waals surface area contributed by atoms with E-state index in [1.807, 2.05) is 30.3 Å². The van der Waals surface area contributed by atoms with Crippen LogP contribution in [0.1, 0.15) is 30.1 Å². The number of ether oxygens (including phenoxy) is 1. The van der Waals surface area contributed by atoms with Crippen LogP contribution in [0, 0.1) is 5.82 Å². The molecule has 0 amide bonds. The quantitative estimate of drug-likeness (QED) is 0.285. The highest BCUT2D eigenvalue weighted by atomic mass is 35.5. The molecule has 0 spiro atoms. The highest BCUT2D eigenvalue weighted by molar-refractivity contribution is 5.96. The number of Topliss-reactive ketones (excluding diaryl/α,β-unsaturated/α-hetero) is 1. The monoisotopic (exact) mass is 548 g/mol. The predicted molar refractivity (Wildman–Crippen MR) is 154 cm³/mol. The first kappa shape index (κ1) is 27.9. The summed E-state index contributed by atoms with van der Waals surface area (Å²) >= 11 is 0. The molecule has 202 valence electrons. The van der Waals surface area contributed by atoms with Crippen molar-refractivity contribution in [3.63, 3.8) is 0 Å². The maximum absolute atomic E-state index is 14.6. The van der Waals surface area contributed by atoms with Gasteiger partial charge in [0.1, 0.15) is 23.2 Å². The van der Waals surface area contributed by atoms with Gasteiger partial charge in [0.05, 0.1) is 12.7 Å². The van der Waals surface area contributed by atoms with Crippen LogP contribution in [-0.4, -0.2) is 47.0 Å². The Kier molecular flexibility index (Phi) is 8.73. The zero-order valence-electron chi connectivity index (χ0n) is 21.7. The van der Waals surface area contributed by atoms with E-state index in [2.05, 4.69) is 25.2 Å². The van der Waals surface area contributed by atoms with Crippen molar-refractivity contribution < 1.29 is 13.9 Å². The molecule has 0 aliphatic carbocycles. The van der Waals surface area contributed by atoms with Crippen LogP contribution in [0.25, 0.3) is 22.5 Å². The third-order valence-corrected chi connectivity index (χ3v) is 6.59. The number of nitrogens with two attached hydrogens (primary N) is 1. The molecule has 0 radical (unpaired) electrons. The van der Waals surface area contributed by atoms with E-state index >= 15 is 0 Å². The van der Waals surface area contributed by atoms with Crippen molar-refractivity contribution >= 4 is 35.5 Å². The number of methoxy groups -OCH3 is 1. The average Bonchev–Trinajstić information content (AvgIpc) is 2.93. The van der Waals surface area contributed by atoms with Crippen LogP contribution in [0.15, 0.2) is 67.0 Å². The van der Waals surface area contributed by atoms with E-state index in [0.717, 1.165) is 36.2 Å². The Morgan fingerprint density at radius 2 is 1.95 bits per heavy atom. The summed E-state index contributed by atoms with van der Waals surface area (Å²) in [5.74, 6) is 1.10. The number of rotatable bonds is 7. The van der Waals surface area contributed by atoms with E-state index in [9.17, 15) is 9.18 Å². The van der Waals surface area contributed by atoms with E-state index < -0.39 is 5.82 Å². The summed E-state index contributed by atoms with van der Waals surface area (Å²) in [5, 5.41) is 3.23. The van der Waals surface area contributed by atoms with Crippen molar-refractivity contribution in [1.82, 2.24) is 15.0 Å². The van der Waals surface area contributed by atoms with Gasteiger partial charge >= 0.3 is 0 Å². The van der Waals surface area contributed by atoms with Gasteiger partial charge in [0.2, 0.25) is 0 Å². The molecule has 0 bridgehead atoms. The van der Waals surface area contributed by atoms with Crippen molar-refractivity contribution in [2.45, 2.75) is 25.8 Å². The molecule has 39 heavy (non-hydrogen) atoms. The van der Waals surface area contributed by atoms with Gasteiger partial charge in [-0.3, -0.25) is 4.79 Å². The minimum absolute atomic E-state index is 0. The second kappa shape index (κ2) is 12.2. The van der Waals surface area contributed by atoms with Gasteiger partial charge in [0.25, 0.3) is 0 Å². The summed E-state index contributed by atoms with van der Waals surface area (Å²) in [6.07, 6.45) is 5.31. The molecule has 1 atom stereocenters. The first-order chi connectivity index (χ1) is 18.4. The largest absolute Gasteiger partial charge is 0.496 e. The van der Waals surface area contributed by atoms with E-state index in [1.165, 1.54) is 13.2 Å². The Bertz CT molecular complexity index is 1480. The second-order valence-electron chi connectivity index (χ2n) is 9.28. The van der Waals surface area contributed by atoms with Crippen LogP contribution in [-0.2, 0) is 0 Å². The van der Waals surface area contributed by atoms with Crippen molar-refractivity contribution in [3.8, 4) is 28.3 Å². The first-order valence-electron chi connectivity index (χ1n) is 12.5. The Morgan fingerprint density at radius 1 is 1.13 bits per heavy atom. The molecule has 3 heterocycles. The molecular weight excluding hydrogens is 519 g/mol. The van der Waals surface area contributed by atoms with Gasteiger partial charge in [-0.2, -0.15) is 0 Å². The van der Waals surface area contributed by atoms with Crippen molar-refractivity contribution in [2.75, 3.05) is 30.4 Å². The molecule has 1 fully saturated rings. The number of nitrogens with one attached hydrogen (secondary N) is 1. The maximum atomic E-state index is 14.6. The first-order valence-corrected chi connectivity index (χ1v) is 12.5. The topological polar surface area (TPSA) is 106 Å². The normalized spacial score (nSPS) is 14.9. The number of carbonyl (C=O) groups excluding carboxylic acids is 1. The molecule has 3 N–H and O–H groups in total. The summed E-state index contributed by atoms with van der Waals surface area (Å²) < 4.78 is 19.9. The van der Waals surface area contributed by atoms with Gasteiger partial charge in [0.15, 0.2) is 11.6 Å². The molecule has 2 aromatic carbocycles. The molecule has 8 nitrogen and oxygen atoms in total. The minimum atomic E-state index is -0.472. The number of aromatic nitrogens is 3. The zero-order chi connectivity index (χ0) is 26.6. The van der Waals surface area contributed by atoms with E-state index in [-0.39, 0.29) is 35.6 Å². The predicted octanol–water partition coefficient (Wildman–Crippen LogP) is 5.65. The fraction of sp³-hybridized carbons (Fsp3) is 0.241. The lowest BCUT2D eigenvalue weighted by molar-refractivity contribution is 0.101. The number of benzene rings is 2. The lowest BCUT2D eigenvalue weighted by atomic mass is 9.99. The molecule has 10 heteroatoms. The van der Waals surface area contributed by atoms with E-state index in [1.54, 1.807) is 37.5 Å². The number of anilines is 3. The van der Waals surface area contributed by atoms with Crippen molar-refractivity contribution in [3.05, 3.63) is 78.4 Å². The lowest BCUT2D eigenvalue weighted by Gasteiger charge is -2.34. The third-order valence-electron chi connectivity index (χ3n) is 6.59. The van der Waals surface area contributed by atoms with Gasteiger partial charge in [-0.1, -0.05) is 24.3 Å². The van der Waals surface area contributed by atoms with Gasteiger partial charge in [-0.05, 0) is 49.6 Å². The summed E-state index contributed by atoms with van der Waals surface area (Å²) in [6, 6.07) is 15.9. The Hall–Kier alpha value is -4.08. The highest BCUT2D eigenvalue weighted by Gasteiger charge is 2.22. The Morgan fingerprint density at radius 3 is 2.72 bits per heavy atom. The molecular formula is C29H30ClFN6O2. The number of hydrogen-bond donors (Lipinski definition) is 2. The van der Waals surface area contributed by atoms with Gasteiger partial charge < -0.3 is 20.7 Å². The van der Waals surface area contributed by atoms with Gasteiger partial charge in [-0.15, -0.1) is 12.4 Å². The van der Waals surface area contributed by atoms with Crippen LogP contribution in [0.4, 0.5) is 21.7 Å². The van der Waals surface area contributed by atoms with Crippen molar-refractivity contribution in [1.29, 1.82) is 0 Å². The van der Waals surface area contributed by atoms with Crippen LogP contribution in [0.3, 0.4) is 0 Å². The fourth-order valence-electron chi connectivity index (χ4n) is 4.70. The average molecular weight is 549 g/mol. The highest BCUT2D eigenvalue weighted by Crippen LogP contribution is 2.35. The third kappa shape index (κ3) is 6.16. The maximum Gasteiger partial charge on any atom is 0.168 e. The van der Waals surface area contributed by atoms with Crippen LogP contribution >= 0.6 is 12.4 Å². The Labute approximate surface area is 232 Å². The molecule has 1 saturated heterocycles. The Balaban J connectivity index is 0.00000353. The van der Waals surface area contributed by atoms with Crippen LogP contribution < -0.4 is 20.7 Å². The molecule has 4 aromatic rings. The zero-order valence-corrected chi connectivity index (χ0v) is 22.5. The number of ketones is 1. The summed E-state index contributed by atoms with van der Waals surface area (Å²) in [7, 11) is 1.48. The number of halogens is 2.